The Bertz CT molecular complexity index is 783. The smallest absolute Gasteiger partial charge is 0.214 e. The van der Waals surface area contributed by atoms with Crippen molar-refractivity contribution >= 4 is 22.8 Å². The molecule has 0 aliphatic rings. The Morgan fingerprint density at radius 3 is 2.76 bits per heavy atom. The second-order valence-corrected chi connectivity index (χ2v) is 5.79. The molecule has 0 saturated heterocycles. The summed E-state index contributed by atoms with van der Waals surface area (Å²) in [7, 11) is 1.92. The Morgan fingerprint density at radius 2 is 2.19 bits per heavy atom. The molecule has 6 nitrogen and oxygen atoms in total. The molecule has 7 heteroatoms. The summed E-state index contributed by atoms with van der Waals surface area (Å²) in [5.74, 6) is 2.25. The standard InChI is InChI=1S/C14H18ClN5O/c1-5-10-12-14(19(4)18-10)20(13(17-12)9(3)15)7-11-16-6-8(2)21-11/h6,9H,5,7H2,1-4H3. The van der Waals surface area contributed by atoms with Crippen LogP contribution in [-0.2, 0) is 20.0 Å². The molecule has 0 N–H and O–H groups in total. The van der Waals surface area contributed by atoms with Gasteiger partial charge in [0.2, 0.25) is 5.89 Å². The molecule has 0 amide bonds. The molecule has 3 aromatic rings. The first-order valence-corrected chi connectivity index (χ1v) is 7.42. The zero-order chi connectivity index (χ0) is 15.1. The van der Waals surface area contributed by atoms with Crippen molar-refractivity contribution in [2.24, 2.45) is 7.05 Å². The van der Waals surface area contributed by atoms with E-state index in [1.165, 1.54) is 0 Å². The fourth-order valence-electron chi connectivity index (χ4n) is 2.57. The van der Waals surface area contributed by atoms with Crippen molar-refractivity contribution in [2.45, 2.75) is 39.1 Å². The van der Waals surface area contributed by atoms with Gasteiger partial charge in [-0.15, -0.1) is 11.6 Å². The molecule has 0 aliphatic carbocycles. The van der Waals surface area contributed by atoms with Crippen LogP contribution in [0.2, 0.25) is 0 Å². The first kappa shape index (κ1) is 14.1. The number of alkyl halides is 1. The van der Waals surface area contributed by atoms with Crippen LogP contribution in [0.5, 0.6) is 0 Å². The Morgan fingerprint density at radius 1 is 1.43 bits per heavy atom. The van der Waals surface area contributed by atoms with Gasteiger partial charge in [0, 0.05) is 7.05 Å². The van der Waals surface area contributed by atoms with E-state index in [-0.39, 0.29) is 5.38 Å². The number of aromatic nitrogens is 5. The highest BCUT2D eigenvalue weighted by Crippen LogP contribution is 2.27. The van der Waals surface area contributed by atoms with Crippen molar-refractivity contribution in [3.05, 3.63) is 29.4 Å². The molecular weight excluding hydrogens is 290 g/mol. The van der Waals surface area contributed by atoms with E-state index in [2.05, 4.69) is 22.0 Å². The number of aryl methyl sites for hydroxylation is 3. The highest BCUT2D eigenvalue weighted by atomic mass is 35.5. The normalized spacial score (nSPS) is 13.2. The molecule has 3 rings (SSSR count). The Hall–Kier alpha value is -1.82. The van der Waals surface area contributed by atoms with Gasteiger partial charge in [-0.05, 0) is 20.3 Å². The van der Waals surface area contributed by atoms with Gasteiger partial charge in [-0.2, -0.15) is 5.10 Å². The van der Waals surface area contributed by atoms with E-state index in [1.807, 2.05) is 30.1 Å². The van der Waals surface area contributed by atoms with Gasteiger partial charge in [0.15, 0.2) is 5.65 Å². The van der Waals surface area contributed by atoms with Gasteiger partial charge in [-0.3, -0.25) is 4.68 Å². The van der Waals surface area contributed by atoms with E-state index in [0.717, 1.165) is 34.9 Å². The van der Waals surface area contributed by atoms with Gasteiger partial charge in [0.05, 0.1) is 17.3 Å². The second-order valence-electron chi connectivity index (χ2n) is 5.13. The van der Waals surface area contributed by atoms with Crippen LogP contribution < -0.4 is 0 Å². The lowest BCUT2D eigenvalue weighted by atomic mass is 10.3. The van der Waals surface area contributed by atoms with E-state index >= 15 is 0 Å². The SMILES string of the molecule is CCc1nn(C)c2c1nc(C(C)Cl)n2Cc1ncc(C)o1. The Labute approximate surface area is 127 Å². The summed E-state index contributed by atoms with van der Waals surface area (Å²) in [5.41, 5.74) is 2.84. The van der Waals surface area contributed by atoms with Crippen LogP contribution in [0.15, 0.2) is 10.6 Å². The molecule has 0 aliphatic heterocycles. The number of hydrogen-bond donors (Lipinski definition) is 0. The molecular formula is C14H18ClN5O. The third kappa shape index (κ3) is 2.33. The van der Waals surface area contributed by atoms with Crippen LogP contribution in [-0.4, -0.2) is 24.3 Å². The average Bonchev–Trinajstić information content (AvgIpc) is 3.07. The molecule has 0 radical (unpaired) electrons. The van der Waals surface area contributed by atoms with Gasteiger partial charge < -0.3 is 8.98 Å². The summed E-state index contributed by atoms with van der Waals surface area (Å²) >= 11 is 6.29. The first-order valence-electron chi connectivity index (χ1n) is 6.98. The summed E-state index contributed by atoms with van der Waals surface area (Å²) in [4.78, 5) is 8.95. The highest BCUT2D eigenvalue weighted by molar-refractivity contribution is 6.20. The number of fused-ring (bicyclic) bond motifs is 1. The summed E-state index contributed by atoms with van der Waals surface area (Å²) in [6.07, 6.45) is 2.55. The molecule has 1 atom stereocenters. The zero-order valence-corrected chi connectivity index (χ0v) is 13.3. The molecule has 21 heavy (non-hydrogen) atoms. The molecule has 0 spiro atoms. The lowest BCUT2D eigenvalue weighted by Gasteiger charge is -2.08. The van der Waals surface area contributed by atoms with Crippen LogP contribution in [0, 0.1) is 6.92 Å². The van der Waals surface area contributed by atoms with Crippen molar-refractivity contribution in [2.75, 3.05) is 0 Å². The minimum Gasteiger partial charge on any atom is -0.444 e. The van der Waals surface area contributed by atoms with Gasteiger partial charge in [-0.1, -0.05) is 6.92 Å². The molecule has 0 fully saturated rings. The number of hydrogen-bond acceptors (Lipinski definition) is 4. The quantitative estimate of drug-likeness (QED) is 0.695. The largest absolute Gasteiger partial charge is 0.444 e. The number of imidazole rings is 1. The molecule has 3 aromatic heterocycles. The van der Waals surface area contributed by atoms with Crippen LogP contribution in [0.4, 0.5) is 0 Å². The van der Waals surface area contributed by atoms with Crippen LogP contribution in [0.25, 0.3) is 11.2 Å². The number of nitrogens with zero attached hydrogens (tertiary/aromatic N) is 5. The lowest BCUT2D eigenvalue weighted by Crippen LogP contribution is -2.09. The van der Waals surface area contributed by atoms with Crippen LogP contribution in [0.3, 0.4) is 0 Å². The maximum Gasteiger partial charge on any atom is 0.214 e. The van der Waals surface area contributed by atoms with Crippen molar-refractivity contribution in [1.29, 1.82) is 0 Å². The van der Waals surface area contributed by atoms with E-state index in [9.17, 15) is 0 Å². The summed E-state index contributed by atoms with van der Waals surface area (Å²) in [6, 6.07) is 0. The Balaban J connectivity index is 2.18. The van der Waals surface area contributed by atoms with Gasteiger partial charge in [0.25, 0.3) is 0 Å². The maximum absolute atomic E-state index is 6.29. The van der Waals surface area contributed by atoms with Crippen LogP contribution >= 0.6 is 11.6 Å². The monoisotopic (exact) mass is 307 g/mol. The van der Waals surface area contributed by atoms with Crippen molar-refractivity contribution in [1.82, 2.24) is 24.3 Å². The zero-order valence-electron chi connectivity index (χ0n) is 12.6. The molecule has 1 unspecified atom stereocenters. The van der Waals surface area contributed by atoms with Crippen molar-refractivity contribution in [3.8, 4) is 0 Å². The van der Waals surface area contributed by atoms with E-state index in [1.54, 1.807) is 6.20 Å². The minimum absolute atomic E-state index is 0.196. The fourth-order valence-corrected chi connectivity index (χ4v) is 2.73. The second kappa shape index (κ2) is 5.18. The van der Waals surface area contributed by atoms with E-state index in [0.29, 0.717) is 12.4 Å². The molecule has 112 valence electrons. The van der Waals surface area contributed by atoms with Gasteiger partial charge >= 0.3 is 0 Å². The summed E-state index contributed by atoms with van der Waals surface area (Å²) in [5, 5.41) is 4.32. The number of oxazole rings is 1. The van der Waals surface area contributed by atoms with E-state index in [4.69, 9.17) is 16.0 Å². The predicted molar refractivity (Wildman–Crippen MR) is 80.5 cm³/mol. The molecule has 0 saturated carbocycles. The number of rotatable bonds is 4. The van der Waals surface area contributed by atoms with Gasteiger partial charge in [0.1, 0.15) is 23.6 Å². The minimum atomic E-state index is -0.196. The maximum atomic E-state index is 6.29. The number of halogens is 1. The van der Waals surface area contributed by atoms with Crippen molar-refractivity contribution in [3.63, 3.8) is 0 Å². The first-order chi connectivity index (χ1) is 10.0. The third-order valence-electron chi connectivity index (χ3n) is 3.47. The Kier molecular flexibility index (Phi) is 3.49. The highest BCUT2D eigenvalue weighted by Gasteiger charge is 2.22. The fraction of sp³-hybridized carbons (Fsp3) is 0.500. The topological polar surface area (TPSA) is 61.7 Å². The van der Waals surface area contributed by atoms with E-state index < -0.39 is 0 Å². The summed E-state index contributed by atoms with van der Waals surface area (Å²) < 4.78 is 9.46. The van der Waals surface area contributed by atoms with Crippen LogP contribution in [0.1, 0.15) is 42.4 Å². The average molecular weight is 308 g/mol. The van der Waals surface area contributed by atoms with Gasteiger partial charge in [-0.25, -0.2) is 9.97 Å². The molecule has 3 heterocycles. The summed E-state index contributed by atoms with van der Waals surface area (Å²) in [6.45, 7) is 6.37. The third-order valence-corrected chi connectivity index (χ3v) is 3.67. The lowest BCUT2D eigenvalue weighted by molar-refractivity contribution is 0.454. The predicted octanol–water partition coefficient (Wildman–Crippen LogP) is 2.98. The molecule has 0 aromatic carbocycles. The molecule has 0 bridgehead atoms. The van der Waals surface area contributed by atoms with Crippen molar-refractivity contribution < 1.29 is 4.42 Å².